The summed E-state index contributed by atoms with van der Waals surface area (Å²) in [5, 5.41) is 8.73. The molecule has 1 heterocycles. The normalized spacial score (nSPS) is 11.7. The van der Waals surface area contributed by atoms with Gasteiger partial charge in [-0.25, -0.2) is 4.79 Å². The average molecular weight is 373 g/mol. The minimum atomic E-state index is -0.874. The van der Waals surface area contributed by atoms with Crippen LogP contribution >= 0.6 is 0 Å². The average Bonchev–Trinajstić information content (AvgIpc) is 3.02. The van der Waals surface area contributed by atoms with Crippen LogP contribution < -0.4 is 10.6 Å². The first-order valence-corrected chi connectivity index (χ1v) is 8.53. The Morgan fingerprint density at radius 1 is 1.15 bits per heavy atom. The first kappa shape index (κ1) is 20.2. The second-order valence-electron chi connectivity index (χ2n) is 6.54. The van der Waals surface area contributed by atoms with E-state index in [2.05, 4.69) is 15.8 Å². The van der Waals surface area contributed by atoms with Crippen molar-refractivity contribution in [2.75, 3.05) is 11.9 Å². The van der Waals surface area contributed by atoms with Crippen LogP contribution in [-0.4, -0.2) is 35.6 Å². The van der Waals surface area contributed by atoms with Crippen LogP contribution in [0, 0.1) is 19.8 Å². The predicted octanol–water partition coefficient (Wildman–Crippen LogP) is 2.23. The molecule has 144 valence electrons. The van der Waals surface area contributed by atoms with Crippen LogP contribution in [0.3, 0.4) is 0 Å². The number of esters is 1. The lowest BCUT2D eigenvalue weighted by Gasteiger charge is -2.20. The minimum absolute atomic E-state index is 0.215. The number of aryl methyl sites for hydroxylation is 2. The summed E-state index contributed by atoms with van der Waals surface area (Å²) < 4.78 is 9.87. The number of hydrogen-bond donors (Lipinski definition) is 2. The highest BCUT2D eigenvalue weighted by molar-refractivity contribution is 5.97. The molecule has 2 aromatic rings. The van der Waals surface area contributed by atoms with Crippen LogP contribution in [0.15, 0.2) is 34.9 Å². The lowest BCUT2D eigenvalue weighted by molar-refractivity contribution is -0.150. The summed E-state index contributed by atoms with van der Waals surface area (Å²) in [6.07, 6.45) is 0. The maximum Gasteiger partial charge on any atom is 0.329 e. The maximum absolute atomic E-state index is 12.3. The van der Waals surface area contributed by atoms with E-state index in [-0.39, 0.29) is 17.6 Å². The Labute approximate surface area is 157 Å². The minimum Gasteiger partial charge on any atom is -0.454 e. The van der Waals surface area contributed by atoms with Crippen LogP contribution in [0.2, 0.25) is 0 Å². The Morgan fingerprint density at radius 3 is 2.37 bits per heavy atom. The zero-order valence-corrected chi connectivity index (χ0v) is 15.7. The number of nitrogens with zero attached hydrogens (tertiary/aromatic N) is 1. The van der Waals surface area contributed by atoms with Crippen LogP contribution in [0.4, 0.5) is 5.82 Å². The maximum atomic E-state index is 12.3. The molecule has 0 radical (unpaired) electrons. The number of nitrogens with one attached hydrogen (secondary N) is 2. The number of anilines is 1. The lowest BCUT2D eigenvalue weighted by Crippen LogP contribution is -2.45. The van der Waals surface area contributed by atoms with Gasteiger partial charge in [-0.2, -0.15) is 0 Å². The van der Waals surface area contributed by atoms with Crippen LogP contribution in [0.25, 0.3) is 0 Å². The smallest absolute Gasteiger partial charge is 0.329 e. The second kappa shape index (κ2) is 8.98. The Hall–Kier alpha value is -3.16. The third kappa shape index (κ3) is 5.95. The van der Waals surface area contributed by atoms with Crippen LogP contribution in [0.1, 0.15) is 35.5 Å². The number of aromatic nitrogens is 1. The van der Waals surface area contributed by atoms with E-state index in [0.29, 0.717) is 11.3 Å². The summed E-state index contributed by atoms with van der Waals surface area (Å²) in [6, 6.07) is 7.65. The number of rotatable bonds is 7. The summed E-state index contributed by atoms with van der Waals surface area (Å²) in [7, 11) is 0. The molecular formula is C19H23N3O5. The van der Waals surface area contributed by atoms with E-state index in [0.717, 1.165) is 5.56 Å². The molecule has 2 amide bonds. The molecule has 0 aliphatic heterocycles. The number of ether oxygens (including phenoxy) is 1. The number of hydrogen-bond acceptors (Lipinski definition) is 6. The van der Waals surface area contributed by atoms with Crippen molar-refractivity contribution in [1.82, 2.24) is 10.5 Å². The van der Waals surface area contributed by atoms with Gasteiger partial charge in [-0.05, 0) is 31.9 Å². The second-order valence-corrected chi connectivity index (χ2v) is 6.54. The highest BCUT2D eigenvalue weighted by Gasteiger charge is 2.26. The first-order chi connectivity index (χ1) is 12.8. The highest BCUT2D eigenvalue weighted by atomic mass is 16.5. The summed E-state index contributed by atoms with van der Waals surface area (Å²) >= 11 is 0. The highest BCUT2D eigenvalue weighted by Crippen LogP contribution is 2.09. The van der Waals surface area contributed by atoms with Gasteiger partial charge in [-0.15, -0.1) is 0 Å². The first-order valence-electron chi connectivity index (χ1n) is 8.53. The largest absolute Gasteiger partial charge is 0.454 e. The van der Waals surface area contributed by atoms with Crippen molar-refractivity contribution in [3.8, 4) is 0 Å². The number of amides is 2. The Bertz CT molecular complexity index is 811. The van der Waals surface area contributed by atoms with Crippen molar-refractivity contribution in [1.29, 1.82) is 0 Å². The summed E-state index contributed by atoms with van der Waals surface area (Å²) in [5.41, 5.74) is 1.47. The quantitative estimate of drug-likeness (QED) is 0.720. The molecule has 1 aromatic carbocycles. The van der Waals surface area contributed by atoms with Gasteiger partial charge < -0.3 is 19.9 Å². The Morgan fingerprint density at radius 2 is 1.81 bits per heavy atom. The standard InChI is InChI=1S/C19H23N3O5/c1-11(2)17(21-18(24)14-7-5-12(3)6-8-14)19(25)26-10-16(23)20-15-9-13(4)27-22-15/h5-9,11,17H,10H2,1-4H3,(H,21,24)(H,20,22,23). The van der Waals surface area contributed by atoms with Gasteiger partial charge in [0.15, 0.2) is 12.4 Å². The van der Waals surface area contributed by atoms with Gasteiger partial charge in [0.05, 0.1) is 0 Å². The molecule has 0 saturated heterocycles. The Balaban J connectivity index is 1.91. The molecule has 0 fully saturated rings. The van der Waals surface area contributed by atoms with Gasteiger partial charge in [0, 0.05) is 11.6 Å². The van der Waals surface area contributed by atoms with Crippen molar-refractivity contribution < 1.29 is 23.6 Å². The molecule has 0 spiro atoms. The molecule has 8 nitrogen and oxygen atoms in total. The van der Waals surface area contributed by atoms with E-state index in [9.17, 15) is 14.4 Å². The van der Waals surface area contributed by atoms with Gasteiger partial charge >= 0.3 is 5.97 Å². The van der Waals surface area contributed by atoms with E-state index < -0.39 is 24.5 Å². The van der Waals surface area contributed by atoms with E-state index in [4.69, 9.17) is 9.26 Å². The zero-order valence-electron chi connectivity index (χ0n) is 15.7. The van der Waals surface area contributed by atoms with E-state index in [1.165, 1.54) is 0 Å². The van der Waals surface area contributed by atoms with Crippen molar-refractivity contribution in [3.63, 3.8) is 0 Å². The van der Waals surface area contributed by atoms with Gasteiger partial charge in [0.25, 0.3) is 11.8 Å². The molecule has 27 heavy (non-hydrogen) atoms. The van der Waals surface area contributed by atoms with Gasteiger partial charge in [-0.1, -0.05) is 36.7 Å². The molecule has 0 aliphatic rings. The van der Waals surface area contributed by atoms with Gasteiger partial charge in [-0.3, -0.25) is 9.59 Å². The molecule has 8 heteroatoms. The molecule has 2 N–H and O–H groups in total. The van der Waals surface area contributed by atoms with Crippen molar-refractivity contribution in [2.45, 2.75) is 33.7 Å². The zero-order chi connectivity index (χ0) is 20.0. The predicted molar refractivity (Wildman–Crippen MR) is 98.1 cm³/mol. The molecule has 2 rings (SSSR count). The van der Waals surface area contributed by atoms with Crippen LogP contribution in [-0.2, 0) is 14.3 Å². The molecule has 0 bridgehead atoms. The third-order valence-electron chi connectivity index (χ3n) is 3.76. The molecule has 0 aliphatic carbocycles. The fourth-order valence-corrected chi connectivity index (χ4v) is 2.26. The summed E-state index contributed by atoms with van der Waals surface area (Å²) in [4.78, 5) is 36.5. The molecule has 1 atom stereocenters. The lowest BCUT2D eigenvalue weighted by atomic mass is 10.0. The number of carbonyl (C=O) groups is 3. The van der Waals surface area contributed by atoms with E-state index in [1.54, 1.807) is 39.0 Å². The SMILES string of the molecule is Cc1ccc(C(=O)NC(C(=O)OCC(=O)Nc2cc(C)on2)C(C)C)cc1. The molecule has 0 saturated carbocycles. The summed E-state index contributed by atoms with van der Waals surface area (Å²) in [6.45, 7) is 6.67. The van der Waals surface area contributed by atoms with Crippen molar-refractivity contribution in [3.05, 3.63) is 47.2 Å². The van der Waals surface area contributed by atoms with Crippen molar-refractivity contribution >= 4 is 23.6 Å². The Kier molecular flexibility index (Phi) is 6.70. The van der Waals surface area contributed by atoms with Crippen molar-refractivity contribution in [2.24, 2.45) is 5.92 Å². The third-order valence-corrected chi connectivity index (χ3v) is 3.76. The van der Waals surface area contributed by atoms with E-state index in [1.807, 2.05) is 19.1 Å². The fraction of sp³-hybridized carbons (Fsp3) is 0.368. The monoisotopic (exact) mass is 373 g/mol. The molecular weight excluding hydrogens is 350 g/mol. The summed E-state index contributed by atoms with van der Waals surface area (Å²) in [5.74, 6) is -1.05. The topological polar surface area (TPSA) is 111 Å². The number of benzene rings is 1. The van der Waals surface area contributed by atoms with Gasteiger partial charge in [0.2, 0.25) is 0 Å². The fourth-order valence-electron chi connectivity index (χ4n) is 2.26. The molecule has 1 aromatic heterocycles. The number of carbonyl (C=O) groups excluding carboxylic acids is 3. The van der Waals surface area contributed by atoms with Crippen LogP contribution in [0.5, 0.6) is 0 Å². The van der Waals surface area contributed by atoms with E-state index >= 15 is 0 Å². The van der Waals surface area contributed by atoms with Gasteiger partial charge in [0.1, 0.15) is 11.8 Å². The molecule has 1 unspecified atom stereocenters.